The van der Waals surface area contributed by atoms with E-state index in [-0.39, 0.29) is 18.1 Å². The smallest absolute Gasteiger partial charge is 0.358 e. The summed E-state index contributed by atoms with van der Waals surface area (Å²) >= 11 is 1.46. The first-order chi connectivity index (χ1) is 14.4. The molecule has 0 aromatic carbocycles. The number of anilines is 2. The second-order valence-electron chi connectivity index (χ2n) is 7.35. The van der Waals surface area contributed by atoms with Gasteiger partial charge in [-0.05, 0) is 19.5 Å². The number of carboxylic acid groups (broad SMARTS) is 1. The summed E-state index contributed by atoms with van der Waals surface area (Å²) in [6.07, 6.45) is 5.26. The minimum absolute atomic E-state index is 0.207. The van der Waals surface area contributed by atoms with E-state index in [0.29, 0.717) is 11.3 Å². The molecule has 0 saturated carbocycles. The van der Waals surface area contributed by atoms with Gasteiger partial charge in [-0.15, -0.1) is 0 Å². The Bertz CT molecular complexity index is 972. The van der Waals surface area contributed by atoms with Gasteiger partial charge < -0.3 is 23.9 Å². The average Bonchev–Trinajstić information content (AvgIpc) is 2.74. The minimum atomic E-state index is -1.28. The molecule has 3 heterocycles. The molecule has 0 unspecified atom stereocenters. The third kappa shape index (κ3) is 4.49. The second kappa shape index (κ2) is 9.57. The van der Waals surface area contributed by atoms with Crippen LogP contribution in [0.3, 0.4) is 0 Å². The maximum atomic E-state index is 13.3. The van der Waals surface area contributed by atoms with Gasteiger partial charge in [0.2, 0.25) is 5.75 Å². The van der Waals surface area contributed by atoms with Crippen molar-refractivity contribution < 1.29 is 14.6 Å². The van der Waals surface area contributed by atoms with Crippen LogP contribution in [0.25, 0.3) is 5.65 Å². The SMILES string of the molecule is CCCCOc1c(C(=O)O)nc2c(N(C)SC)cc(N3CCN(C)CC3)cn2c1=O. The fourth-order valence-electron chi connectivity index (χ4n) is 3.35. The highest BCUT2D eigenvalue weighted by Crippen LogP contribution is 2.30. The number of aromatic carboxylic acids is 1. The van der Waals surface area contributed by atoms with Crippen molar-refractivity contribution in [2.75, 3.05) is 62.3 Å². The van der Waals surface area contributed by atoms with Gasteiger partial charge in [0.15, 0.2) is 11.3 Å². The Morgan fingerprint density at radius 3 is 2.63 bits per heavy atom. The molecule has 0 radical (unpaired) electrons. The minimum Gasteiger partial charge on any atom is -0.486 e. The van der Waals surface area contributed by atoms with E-state index in [1.807, 2.05) is 30.6 Å². The monoisotopic (exact) mass is 435 g/mol. The molecule has 1 aliphatic rings. The van der Waals surface area contributed by atoms with Crippen LogP contribution in [-0.2, 0) is 0 Å². The molecule has 0 spiro atoms. The molecule has 1 fully saturated rings. The Hall–Kier alpha value is -2.46. The Morgan fingerprint density at radius 2 is 2.03 bits per heavy atom. The van der Waals surface area contributed by atoms with E-state index < -0.39 is 11.5 Å². The van der Waals surface area contributed by atoms with Crippen LogP contribution in [0.5, 0.6) is 5.75 Å². The largest absolute Gasteiger partial charge is 0.486 e. The summed E-state index contributed by atoms with van der Waals surface area (Å²) in [6, 6.07) is 1.97. The topological polar surface area (TPSA) is 90.6 Å². The van der Waals surface area contributed by atoms with E-state index in [9.17, 15) is 14.7 Å². The van der Waals surface area contributed by atoms with Gasteiger partial charge in [-0.2, -0.15) is 0 Å². The number of carboxylic acids is 1. The fraction of sp³-hybridized carbons (Fsp3) is 0.550. The van der Waals surface area contributed by atoms with Crippen molar-refractivity contribution in [3.05, 3.63) is 28.3 Å². The van der Waals surface area contributed by atoms with Crippen molar-refractivity contribution in [3.63, 3.8) is 0 Å². The van der Waals surface area contributed by atoms with Gasteiger partial charge in [0.25, 0.3) is 0 Å². The van der Waals surface area contributed by atoms with E-state index in [2.05, 4.69) is 21.8 Å². The Morgan fingerprint density at radius 1 is 1.33 bits per heavy atom. The summed E-state index contributed by atoms with van der Waals surface area (Å²) < 4.78 is 8.89. The number of ether oxygens (including phenoxy) is 1. The van der Waals surface area contributed by atoms with E-state index in [0.717, 1.165) is 44.7 Å². The number of pyridine rings is 1. The number of unbranched alkanes of at least 4 members (excludes halogenated alkanes) is 1. The molecule has 1 aliphatic heterocycles. The lowest BCUT2D eigenvalue weighted by Crippen LogP contribution is -2.44. The number of hydrogen-bond acceptors (Lipinski definition) is 8. The molecule has 0 atom stereocenters. The summed E-state index contributed by atoms with van der Waals surface area (Å²) in [5.74, 6) is -1.48. The predicted octanol–water partition coefficient (Wildman–Crippen LogP) is 2.04. The van der Waals surface area contributed by atoms with Crippen molar-refractivity contribution in [2.45, 2.75) is 19.8 Å². The number of piperazine rings is 1. The molecule has 0 amide bonds. The molecule has 2 aromatic heterocycles. The second-order valence-corrected chi connectivity index (χ2v) is 8.26. The Kier molecular flexibility index (Phi) is 7.09. The van der Waals surface area contributed by atoms with Crippen LogP contribution in [0.4, 0.5) is 11.4 Å². The lowest BCUT2D eigenvalue weighted by molar-refractivity contribution is 0.0685. The maximum absolute atomic E-state index is 13.3. The summed E-state index contributed by atoms with van der Waals surface area (Å²) in [7, 11) is 3.96. The predicted molar refractivity (Wildman–Crippen MR) is 120 cm³/mol. The van der Waals surface area contributed by atoms with Gasteiger partial charge in [0.1, 0.15) is 0 Å². The first kappa shape index (κ1) is 22.2. The van der Waals surface area contributed by atoms with Gasteiger partial charge in [-0.1, -0.05) is 25.3 Å². The quantitative estimate of drug-likeness (QED) is 0.494. The van der Waals surface area contributed by atoms with Crippen LogP contribution >= 0.6 is 11.9 Å². The van der Waals surface area contributed by atoms with Crippen LogP contribution in [-0.4, -0.2) is 78.5 Å². The maximum Gasteiger partial charge on any atom is 0.358 e. The normalized spacial score (nSPS) is 14.9. The number of nitrogens with zero attached hydrogens (tertiary/aromatic N) is 5. The van der Waals surface area contributed by atoms with Crippen LogP contribution in [0.1, 0.15) is 30.3 Å². The van der Waals surface area contributed by atoms with E-state index >= 15 is 0 Å². The highest BCUT2D eigenvalue weighted by atomic mass is 32.2. The highest BCUT2D eigenvalue weighted by molar-refractivity contribution is 7.99. The summed E-state index contributed by atoms with van der Waals surface area (Å²) in [4.78, 5) is 33.9. The zero-order chi connectivity index (χ0) is 21.8. The van der Waals surface area contributed by atoms with Crippen molar-refractivity contribution in [1.82, 2.24) is 14.3 Å². The molecule has 0 aliphatic carbocycles. The van der Waals surface area contributed by atoms with Gasteiger partial charge in [-0.3, -0.25) is 9.20 Å². The summed E-state index contributed by atoms with van der Waals surface area (Å²) in [6.45, 7) is 5.83. The fourth-order valence-corrected chi connectivity index (χ4v) is 3.68. The molecule has 3 rings (SSSR count). The highest BCUT2D eigenvalue weighted by Gasteiger charge is 2.24. The summed E-state index contributed by atoms with van der Waals surface area (Å²) in [5, 5.41) is 9.65. The van der Waals surface area contributed by atoms with Gasteiger partial charge in [0.05, 0.1) is 18.0 Å². The number of hydrogen-bond donors (Lipinski definition) is 1. The van der Waals surface area contributed by atoms with E-state index in [1.54, 1.807) is 6.20 Å². The molecular weight excluding hydrogens is 406 g/mol. The molecule has 0 bridgehead atoms. The molecular formula is C20H29N5O4S. The van der Waals surface area contributed by atoms with Gasteiger partial charge in [-0.25, -0.2) is 9.78 Å². The van der Waals surface area contributed by atoms with Crippen molar-refractivity contribution >= 4 is 34.9 Å². The van der Waals surface area contributed by atoms with Crippen LogP contribution in [0.15, 0.2) is 17.1 Å². The molecule has 10 heteroatoms. The van der Waals surface area contributed by atoms with E-state index in [1.165, 1.54) is 16.3 Å². The van der Waals surface area contributed by atoms with Crippen LogP contribution in [0.2, 0.25) is 0 Å². The van der Waals surface area contributed by atoms with Crippen LogP contribution < -0.4 is 19.5 Å². The lowest BCUT2D eigenvalue weighted by Gasteiger charge is -2.34. The third-order valence-electron chi connectivity index (χ3n) is 5.28. The van der Waals surface area contributed by atoms with Crippen molar-refractivity contribution in [2.24, 2.45) is 0 Å². The standard InChI is InChI=1S/C20H29N5O4S/c1-5-6-11-29-17-16(20(27)28)21-18-15(23(3)30-4)12-14(13-25(18)19(17)26)24-9-7-22(2)8-10-24/h12-13H,5-11H2,1-4H3,(H,27,28). The molecule has 9 nitrogen and oxygen atoms in total. The lowest BCUT2D eigenvalue weighted by atomic mass is 10.2. The summed E-state index contributed by atoms with van der Waals surface area (Å²) in [5.41, 5.74) is 1.03. The average molecular weight is 436 g/mol. The Balaban J connectivity index is 2.20. The third-order valence-corrected chi connectivity index (χ3v) is 6.02. The number of aromatic nitrogens is 2. The Labute approximate surface area is 180 Å². The van der Waals surface area contributed by atoms with Crippen molar-refractivity contribution in [3.8, 4) is 5.75 Å². The molecule has 2 aromatic rings. The van der Waals surface area contributed by atoms with E-state index in [4.69, 9.17) is 4.74 Å². The zero-order valence-electron chi connectivity index (χ0n) is 17.9. The molecule has 1 N–H and O–H groups in total. The van der Waals surface area contributed by atoms with Gasteiger partial charge >= 0.3 is 11.5 Å². The molecule has 164 valence electrons. The van der Waals surface area contributed by atoms with Crippen molar-refractivity contribution in [1.29, 1.82) is 0 Å². The number of likely N-dealkylation sites (N-methyl/N-ethyl adjacent to an activating group) is 1. The number of rotatable bonds is 8. The number of fused-ring (bicyclic) bond motifs is 1. The zero-order valence-corrected chi connectivity index (χ0v) is 18.7. The molecule has 30 heavy (non-hydrogen) atoms. The molecule has 1 saturated heterocycles. The van der Waals surface area contributed by atoms with Crippen LogP contribution in [0, 0.1) is 0 Å². The first-order valence-electron chi connectivity index (χ1n) is 10.0. The van der Waals surface area contributed by atoms with Gasteiger partial charge in [0, 0.05) is 45.7 Å². The number of carbonyl (C=O) groups is 1. The first-order valence-corrected chi connectivity index (χ1v) is 11.2.